The summed E-state index contributed by atoms with van der Waals surface area (Å²) in [7, 11) is 0. The van der Waals surface area contributed by atoms with E-state index < -0.39 is 23.6 Å². The number of halogens is 4. The first-order chi connectivity index (χ1) is 7.71. The van der Waals surface area contributed by atoms with Crippen LogP contribution in [0.1, 0.15) is 37.4 Å². The molecule has 0 saturated heterocycles. The van der Waals surface area contributed by atoms with E-state index >= 15 is 0 Å². The maximum atomic E-state index is 13.4. The Kier molecular flexibility index (Phi) is 4.14. The Hall–Kier alpha value is -1.10. The Morgan fingerprint density at radius 1 is 1.24 bits per heavy atom. The molecule has 1 rings (SSSR count). The summed E-state index contributed by atoms with van der Waals surface area (Å²) in [6.07, 6.45) is -4.03. The monoisotopic (exact) mass is 249 g/mol. The van der Waals surface area contributed by atoms with Gasteiger partial charge in [-0.15, -0.1) is 0 Å². The first-order valence-corrected chi connectivity index (χ1v) is 5.34. The Morgan fingerprint density at radius 3 is 2.29 bits per heavy atom. The fraction of sp³-hybridized carbons (Fsp3) is 0.500. The van der Waals surface area contributed by atoms with Gasteiger partial charge in [-0.3, -0.25) is 0 Å². The van der Waals surface area contributed by atoms with Gasteiger partial charge < -0.3 is 5.73 Å². The molecule has 0 amide bonds. The Morgan fingerprint density at radius 2 is 1.82 bits per heavy atom. The second-order valence-corrected chi connectivity index (χ2v) is 4.47. The van der Waals surface area contributed by atoms with Crippen molar-refractivity contribution >= 4 is 0 Å². The van der Waals surface area contributed by atoms with Crippen LogP contribution >= 0.6 is 0 Å². The van der Waals surface area contributed by atoms with Crippen LogP contribution in [0.25, 0.3) is 0 Å². The summed E-state index contributed by atoms with van der Waals surface area (Å²) in [5, 5.41) is 0. The predicted octanol–water partition coefficient (Wildman–Crippen LogP) is 3.89. The lowest BCUT2D eigenvalue weighted by Crippen LogP contribution is -2.16. The van der Waals surface area contributed by atoms with E-state index in [-0.39, 0.29) is 11.5 Å². The molecule has 17 heavy (non-hydrogen) atoms. The maximum Gasteiger partial charge on any atom is 0.416 e. The van der Waals surface area contributed by atoms with Crippen LogP contribution in [0.2, 0.25) is 0 Å². The van der Waals surface area contributed by atoms with E-state index in [2.05, 4.69) is 0 Å². The molecule has 0 aliphatic carbocycles. The quantitative estimate of drug-likeness (QED) is 0.808. The summed E-state index contributed by atoms with van der Waals surface area (Å²) in [5.41, 5.74) is 4.76. The molecule has 0 aliphatic rings. The zero-order chi connectivity index (χ0) is 13.2. The average molecular weight is 249 g/mol. The van der Waals surface area contributed by atoms with Gasteiger partial charge >= 0.3 is 6.18 Å². The molecule has 0 aliphatic heterocycles. The first kappa shape index (κ1) is 14.0. The highest BCUT2D eigenvalue weighted by Gasteiger charge is 2.31. The van der Waals surface area contributed by atoms with Crippen molar-refractivity contribution < 1.29 is 17.6 Å². The van der Waals surface area contributed by atoms with Crippen molar-refractivity contribution in [2.45, 2.75) is 32.5 Å². The lowest BCUT2D eigenvalue weighted by atomic mass is 9.96. The third-order valence-corrected chi connectivity index (χ3v) is 2.45. The minimum Gasteiger partial charge on any atom is -0.324 e. The molecule has 0 spiro atoms. The topological polar surface area (TPSA) is 26.0 Å². The third kappa shape index (κ3) is 3.70. The molecule has 1 nitrogen and oxygen atoms in total. The highest BCUT2D eigenvalue weighted by atomic mass is 19.4. The summed E-state index contributed by atoms with van der Waals surface area (Å²) < 4.78 is 50.8. The summed E-state index contributed by atoms with van der Waals surface area (Å²) >= 11 is 0. The smallest absolute Gasteiger partial charge is 0.324 e. The molecule has 0 fully saturated rings. The number of hydrogen-bond donors (Lipinski definition) is 1. The van der Waals surface area contributed by atoms with Gasteiger partial charge in [0.15, 0.2) is 0 Å². The molecular formula is C12H15F4N. The maximum absolute atomic E-state index is 13.4. The van der Waals surface area contributed by atoms with E-state index in [0.717, 1.165) is 18.2 Å². The highest BCUT2D eigenvalue weighted by Crippen LogP contribution is 2.32. The molecule has 1 atom stereocenters. The molecule has 0 aromatic heterocycles. The minimum absolute atomic E-state index is 0.0754. The SMILES string of the molecule is CC(C)C[C@@H](N)c1cc(C(F)(F)F)ccc1F. The van der Waals surface area contributed by atoms with E-state index in [1.165, 1.54) is 0 Å². The zero-order valence-corrected chi connectivity index (χ0v) is 9.68. The van der Waals surface area contributed by atoms with Crippen LogP contribution in [0.4, 0.5) is 17.6 Å². The molecule has 1 aromatic carbocycles. The summed E-state index contributed by atoms with van der Waals surface area (Å²) in [6, 6.07) is 1.62. The number of nitrogens with two attached hydrogens (primary N) is 1. The molecule has 1 aromatic rings. The fourth-order valence-corrected chi connectivity index (χ4v) is 1.64. The molecule has 0 heterocycles. The molecule has 2 N–H and O–H groups in total. The van der Waals surface area contributed by atoms with Gasteiger partial charge in [0.25, 0.3) is 0 Å². The predicted molar refractivity (Wildman–Crippen MR) is 57.8 cm³/mol. The second kappa shape index (κ2) is 5.04. The molecular weight excluding hydrogens is 234 g/mol. The van der Waals surface area contributed by atoms with Crippen molar-refractivity contribution in [2.75, 3.05) is 0 Å². The number of benzene rings is 1. The van der Waals surface area contributed by atoms with Gasteiger partial charge in [-0.1, -0.05) is 13.8 Å². The Balaban J connectivity index is 3.06. The minimum atomic E-state index is -4.47. The number of rotatable bonds is 3. The summed E-state index contributed by atoms with van der Waals surface area (Å²) in [6.45, 7) is 3.76. The van der Waals surface area contributed by atoms with Crippen LogP contribution < -0.4 is 5.73 Å². The molecule has 96 valence electrons. The van der Waals surface area contributed by atoms with Crippen molar-refractivity contribution in [2.24, 2.45) is 11.7 Å². The molecule has 0 bridgehead atoms. The van der Waals surface area contributed by atoms with Gasteiger partial charge in [-0.25, -0.2) is 4.39 Å². The fourth-order valence-electron chi connectivity index (χ4n) is 1.64. The molecule has 5 heteroatoms. The van der Waals surface area contributed by atoms with E-state index in [4.69, 9.17) is 5.73 Å². The highest BCUT2D eigenvalue weighted by molar-refractivity contribution is 5.29. The van der Waals surface area contributed by atoms with E-state index in [0.29, 0.717) is 6.42 Å². The van der Waals surface area contributed by atoms with Crippen molar-refractivity contribution in [3.63, 3.8) is 0 Å². The van der Waals surface area contributed by atoms with Gasteiger partial charge in [0.05, 0.1) is 5.56 Å². The van der Waals surface area contributed by atoms with Gasteiger partial charge in [0.1, 0.15) is 5.82 Å². The molecule has 0 unspecified atom stereocenters. The van der Waals surface area contributed by atoms with E-state index in [1.807, 2.05) is 13.8 Å². The van der Waals surface area contributed by atoms with Crippen LogP contribution in [-0.2, 0) is 6.18 Å². The second-order valence-electron chi connectivity index (χ2n) is 4.47. The Labute approximate surface area is 97.6 Å². The van der Waals surface area contributed by atoms with Crippen LogP contribution in [0.3, 0.4) is 0 Å². The summed E-state index contributed by atoms with van der Waals surface area (Å²) in [5.74, 6) is -0.495. The van der Waals surface area contributed by atoms with Gasteiger partial charge in [0, 0.05) is 11.6 Å². The van der Waals surface area contributed by atoms with Crippen LogP contribution in [-0.4, -0.2) is 0 Å². The largest absolute Gasteiger partial charge is 0.416 e. The van der Waals surface area contributed by atoms with Crippen molar-refractivity contribution in [1.29, 1.82) is 0 Å². The van der Waals surface area contributed by atoms with Gasteiger partial charge in [-0.2, -0.15) is 13.2 Å². The van der Waals surface area contributed by atoms with Crippen LogP contribution in [0.15, 0.2) is 18.2 Å². The number of alkyl halides is 3. The van der Waals surface area contributed by atoms with Crippen molar-refractivity contribution in [3.8, 4) is 0 Å². The van der Waals surface area contributed by atoms with E-state index in [1.54, 1.807) is 0 Å². The van der Waals surface area contributed by atoms with Gasteiger partial charge in [0.2, 0.25) is 0 Å². The Bertz CT molecular complexity index is 385. The zero-order valence-electron chi connectivity index (χ0n) is 9.68. The average Bonchev–Trinajstić information content (AvgIpc) is 2.15. The van der Waals surface area contributed by atoms with E-state index in [9.17, 15) is 17.6 Å². The lowest BCUT2D eigenvalue weighted by Gasteiger charge is -2.17. The van der Waals surface area contributed by atoms with Gasteiger partial charge in [-0.05, 0) is 30.5 Å². The van der Waals surface area contributed by atoms with Crippen molar-refractivity contribution in [3.05, 3.63) is 35.1 Å². The van der Waals surface area contributed by atoms with Crippen LogP contribution in [0.5, 0.6) is 0 Å². The first-order valence-electron chi connectivity index (χ1n) is 5.34. The standard InChI is InChI=1S/C12H15F4N/c1-7(2)5-11(17)9-6-8(12(14,15)16)3-4-10(9)13/h3-4,6-7,11H,5,17H2,1-2H3/t11-/m1/s1. The van der Waals surface area contributed by atoms with Crippen molar-refractivity contribution in [1.82, 2.24) is 0 Å². The lowest BCUT2D eigenvalue weighted by molar-refractivity contribution is -0.137. The van der Waals surface area contributed by atoms with Crippen LogP contribution in [0, 0.1) is 11.7 Å². The number of hydrogen-bond acceptors (Lipinski definition) is 1. The third-order valence-electron chi connectivity index (χ3n) is 2.45. The molecule has 0 saturated carbocycles. The molecule has 0 radical (unpaired) electrons. The summed E-state index contributed by atoms with van der Waals surface area (Å²) in [4.78, 5) is 0. The normalized spacial score (nSPS) is 14.1.